The number of hydrogen-bond acceptors (Lipinski definition) is 2. The van der Waals surface area contributed by atoms with E-state index >= 15 is 0 Å². The Morgan fingerprint density at radius 2 is 2.10 bits per heavy atom. The molecule has 0 fully saturated rings. The van der Waals surface area contributed by atoms with Crippen LogP contribution < -0.4 is 0 Å². The highest BCUT2D eigenvalue weighted by molar-refractivity contribution is 9.10. The van der Waals surface area contributed by atoms with Crippen LogP contribution in [-0.2, 0) is 16.8 Å². The van der Waals surface area contributed by atoms with Gasteiger partial charge < -0.3 is 9.67 Å². The number of aromatic nitrogens is 1. The van der Waals surface area contributed by atoms with Crippen LogP contribution in [0.1, 0.15) is 33.3 Å². The molecule has 0 aliphatic rings. The molecule has 114 valence electrons. The van der Waals surface area contributed by atoms with Crippen LogP contribution >= 0.6 is 15.9 Å². The van der Waals surface area contributed by atoms with Crippen LogP contribution in [0.5, 0.6) is 0 Å². The molecule has 1 unspecified atom stereocenters. The van der Waals surface area contributed by atoms with Gasteiger partial charge in [-0.2, -0.15) is 0 Å². The molecule has 1 N–H and O–H groups in total. The predicted octanol–water partition coefficient (Wildman–Crippen LogP) is 3.90. The highest BCUT2D eigenvalue weighted by Gasteiger charge is 2.30. The number of rotatable bonds is 5. The first-order chi connectivity index (χ1) is 9.77. The summed E-state index contributed by atoms with van der Waals surface area (Å²) < 4.78 is 3.15. The summed E-state index contributed by atoms with van der Waals surface area (Å²) in [5.41, 5.74) is 1.62. The van der Waals surface area contributed by atoms with Gasteiger partial charge in [0.2, 0.25) is 0 Å². The molecule has 1 aromatic carbocycles. The number of carbonyl (C=O) groups is 1. The third-order valence-electron chi connectivity index (χ3n) is 4.22. The minimum atomic E-state index is -0.514. The van der Waals surface area contributed by atoms with E-state index in [4.69, 9.17) is 0 Å². The second-order valence-corrected chi connectivity index (χ2v) is 7.24. The summed E-state index contributed by atoms with van der Waals surface area (Å²) in [5, 5.41) is 10.4. The van der Waals surface area contributed by atoms with Gasteiger partial charge in [-0.1, -0.05) is 28.9 Å². The fourth-order valence-electron chi connectivity index (χ4n) is 2.50. The Morgan fingerprint density at radius 3 is 2.67 bits per heavy atom. The Balaban J connectivity index is 2.65. The minimum absolute atomic E-state index is 0.152. The van der Waals surface area contributed by atoms with Gasteiger partial charge >= 0.3 is 0 Å². The highest BCUT2D eigenvalue weighted by Crippen LogP contribution is 2.34. The van der Waals surface area contributed by atoms with Crippen molar-refractivity contribution in [3.05, 3.63) is 34.4 Å². The first-order valence-corrected chi connectivity index (χ1v) is 7.97. The molecule has 2 aromatic rings. The predicted molar refractivity (Wildman–Crippen MR) is 89.6 cm³/mol. The van der Waals surface area contributed by atoms with Crippen molar-refractivity contribution in [1.82, 2.24) is 4.57 Å². The topological polar surface area (TPSA) is 42.2 Å². The molecule has 2 rings (SSSR count). The largest absolute Gasteiger partial charge is 0.396 e. The van der Waals surface area contributed by atoms with E-state index in [-0.39, 0.29) is 18.3 Å². The van der Waals surface area contributed by atoms with Crippen molar-refractivity contribution in [1.29, 1.82) is 0 Å². The summed E-state index contributed by atoms with van der Waals surface area (Å²) in [4.78, 5) is 12.0. The molecule has 0 spiro atoms. The normalized spacial score (nSPS) is 13.6. The Hall–Kier alpha value is -1.13. The SMILES string of the molecule is CC(=O)C(C)(C)c1cn(CC(C)CO)c2cc(Br)ccc12. The maximum Gasteiger partial charge on any atom is 0.139 e. The molecule has 0 aliphatic heterocycles. The molecule has 0 saturated heterocycles. The van der Waals surface area contributed by atoms with Gasteiger partial charge in [-0.15, -0.1) is 0 Å². The zero-order valence-electron chi connectivity index (χ0n) is 13.0. The summed E-state index contributed by atoms with van der Waals surface area (Å²) in [6, 6.07) is 6.13. The van der Waals surface area contributed by atoms with Crippen LogP contribution in [0.15, 0.2) is 28.9 Å². The quantitative estimate of drug-likeness (QED) is 0.887. The third-order valence-corrected chi connectivity index (χ3v) is 4.71. The number of nitrogens with zero attached hydrogens (tertiary/aromatic N) is 1. The number of aliphatic hydroxyl groups is 1. The van der Waals surface area contributed by atoms with Crippen LogP contribution in [0.25, 0.3) is 10.9 Å². The first-order valence-electron chi connectivity index (χ1n) is 7.18. The van der Waals surface area contributed by atoms with Gasteiger partial charge in [0.1, 0.15) is 5.78 Å². The van der Waals surface area contributed by atoms with Gasteiger partial charge in [0.05, 0.1) is 5.41 Å². The lowest BCUT2D eigenvalue weighted by Gasteiger charge is -2.20. The van der Waals surface area contributed by atoms with Gasteiger partial charge in [-0.3, -0.25) is 4.79 Å². The maximum atomic E-state index is 12.0. The molecule has 0 radical (unpaired) electrons. The van der Waals surface area contributed by atoms with E-state index in [1.165, 1.54) is 0 Å². The molecule has 0 bridgehead atoms. The van der Waals surface area contributed by atoms with Gasteiger partial charge in [0.25, 0.3) is 0 Å². The van der Waals surface area contributed by atoms with Crippen molar-refractivity contribution in [3.8, 4) is 0 Å². The van der Waals surface area contributed by atoms with Gasteiger partial charge in [0.15, 0.2) is 0 Å². The standard InChI is InChI=1S/C17H22BrNO2/c1-11(10-20)8-19-9-15(17(3,4)12(2)21)14-6-5-13(18)7-16(14)19/h5-7,9,11,20H,8,10H2,1-4H3. The number of benzene rings is 1. The average Bonchev–Trinajstić information content (AvgIpc) is 2.77. The summed E-state index contributed by atoms with van der Waals surface area (Å²) in [5.74, 6) is 0.326. The van der Waals surface area contributed by atoms with E-state index in [1.807, 2.05) is 26.8 Å². The molecule has 0 saturated carbocycles. The maximum absolute atomic E-state index is 12.0. The van der Waals surface area contributed by atoms with Gasteiger partial charge in [-0.05, 0) is 44.4 Å². The van der Waals surface area contributed by atoms with E-state index in [0.717, 1.165) is 27.5 Å². The Kier molecular flexibility index (Phi) is 4.59. The second-order valence-electron chi connectivity index (χ2n) is 6.33. The molecule has 4 heteroatoms. The molecule has 1 atom stereocenters. The summed E-state index contributed by atoms with van der Waals surface area (Å²) in [6.45, 7) is 8.46. The second kappa shape index (κ2) is 5.93. The van der Waals surface area contributed by atoms with Crippen molar-refractivity contribution in [2.24, 2.45) is 5.92 Å². The van der Waals surface area contributed by atoms with Crippen molar-refractivity contribution < 1.29 is 9.90 Å². The number of ketones is 1. The van der Waals surface area contributed by atoms with Crippen LogP contribution in [0.3, 0.4) is 0 Å². The smallest absolute Gasteiger partial charge is 0.139 e. The van der Waals surface area contributed by atoms with Gasteiger partial charge in [-0.25, -0.2) is 0 Å². The van der Waals surface area contributed by atoms with E-state index in [9.17, 15) is 9.90 Å². The van der Waals surface area contributed by atoms with E-state index < -0.39 is 5.41 Å². The van der Waals surface area contributed by atoms with E-state index in [0.29, 0.717) is 0 Å². The number of carbonyl (C=O) groups excluding carboxylic acids is 1. The Labute approximate surface area is 134 Å². The van der Waals surface area contributed by atoms with Crippen molar-refractivity contribution in [3.63, 3.8) is 0 Å². The molecule has 3 nitrogen and oxygen atoms in total. The third kappa shape index (κ3) is 3.06. The molecule has 0 aliphatic carbocycles. The van der Waals surface area contributed by atoms with Crippen LogP contribution in [0.4, 0.5) is 0 Å². The summed E-state index contributed by atoms with van der Waals surface area (Å²) in [6.07, 6.45) is 2.06. The molecule has 0 amide bonds. The lowest BCUT2D eigenvalue weighted by Crippen LogP contribution is -2.26. The number of Topliss-reactive ketones (excluding diaryl/α,β-unsaturated/α-hetero) is 1. The van der Waals surface area contributed by atoms with Crippen molar-refractivity contribution in [2.45, 2.75) is 39.7 Å². The lowest BCUT2D eigenvalue weighted by molar-refractivity contribution is -0.121. The number of aliphatic hydroxyl groups excluding tert-OH is 1. The van der Waals surface area contributed by atoms with Crippen LogP contribution in [0, 0.1) is 5.92 Å². The fraction of sp³-hybridized carbons (Fsp3) is 0.471. The number of hydrogen-bond donors (Lipinski definition) is 1. The van der Waals surface area contributed by atoms with Crippen molar-refractivity contribution in [2.75, 3.05) is 6.61 Å². The Bertz CT molecular complexity index is 673. The molecular formula is C17H22BrNO2. The average molecular weight is 352 g/mol. The van der Waals surface area contributed by atoms with Gasteiger partial charge in [0, 0.05) is 34.7 Å². The zero-order valence-corrected chi connectivity index (χ0v) is 14.6. The Morgan fingerprint density at radius 1 is 1.43 bits per heavy atom. The molecule has 1 aromatic heterocycles. The van der Waals surface area contributed by atoms with Crippen LogP contribution in [0.2, 0.25) is 0 Å². The molecule has 1 heterocycles. The van der Waals surface area contributed by atoms with Crippen molar-refractivity contribution >= 4 is 32.6 Å². The first kappa shape index (κ1) is 16.2. The molecule has 21 heavy (non-hydrogen) atoms. The minimum Gasteiger partial charge on any atom is -0.396 e. The lowest BCUT2D eigenvalue weighted by atomic mass is 9.81. The number of fused-ring (bicyclic) bond motifs is 1. The van der Waals surface area contributed by atoms with Crippen LogP contribution in [-0.4, -0.2) is 22.1 Å². The summed E-state index contributed by atoms with van der Waals surface area (Å²) in [7, 11) is 0. The fourth-order valence-corrected chi connectivity index (χ4v) is 2.85. The number of halogens is 1. The van der Waals surface area contributed by atoms with E-state index in [1.54, 1.807) is 6.92 Å². The monoisotopic (exact) mass is 351 g/mol. The summed E-state index contributed by atoms with van der Waals surface area (Å²) >= 11 is 3.51. The van der Waals surface area contributed by atoms with E-state index in [2.05, 4.69) is 38.8 Å². The zero-order chi connectivity index (χ0) is 15.8. The highest BCUT2D eigenvalue weighted by atomic mass is 79.9. The molecular weight excluding hydrogens is 330 g/mol.